The first kappa shape index (κ1) is 13.8. The lowest BCUT2D eigenvalue weighted by molar-refractivity contribution is 0.580. The first-order valence-electron chi connectivity index (χ1n) is 5.93. The van der Waals surface area contributed by atoms with Crippen LogP contribution in [-0.2, 0) is 30.2 Å². The van der Waals surface area contributed by atoms with Crippen molar-refractivity contribution in [2.24, 2.45) is 7.05 Å². The quantitative estimate of drug-likeness (QED) is 0.862. The van der Waals surface area contributed by atoms with Crippen molar-refractivity contribution in [1.82, 2.24) is 24.3 Å². The van der Waals surface area contributed by atoms with E-state index >= 15 is 0 Å². The Morgan fingerprint density at radius 1 is 1.32 bits per heavy atom. The molecular weight excluding hydrogens is 266 g/mol. The predicted octanol–water partition coefficient (Wildman–Crippen LogP) is 0.423. The van der Waals surface area contributed by atoms with Crippen LogP contribution < -0.4 is 4.72 Å². The third-order valence-corrected chi connectivity index (χ3v) is 4.39. The summed E-state index contributed by atoms with van der Waals surface area (Å²) in [6.07, 6.45) is 4.52. The molecule has 0 aliphatic rings. The summed E-state index contributed by atoms with van der Waals surface area (Å²) in [5, 5.41) is 8.03. The zero-order valence-electron chi connectivity index (χ0n) is 11.2. The molecule has 1 N–H and O–H groups in total. The molecule has 0 bridgehead atoms. The van der Waals surface area contributed by atoms with Crippen LogP contribution in [0.1, 0.15) is 18.2 Å². The lowest BCUT2D eigenvalue weighted by Crippen LogP contribution is -2.23. The molecule has 2 aromatic rings. The third-order valence-electron chi connectivity index (χ3n) is 3.03. The van der Waals surface area contributed by atoms with Gasteiger partial charge in [0.1, 0.15) is 4.90 Å². The zero-order valence-corrected chi connectivity index (χ0v) is 12.0. The van der Waals surface area contributed by atoms with Gasteiger partial charge in [0, 0.05) is 37.6 Å². The van der Waals surface area contributed by atoms with Crippen molar-refractivity contribution in [3.8, 4) is 0 Å². The number of rotatable bonds is 5. The lowest BCUT2D eigenvalue weighted by atomic mass is 10.3. The van der Waals surface area contributed by atoms with Crippen molar-refractivity contribution in [2.75, 3.05) is 0 Å². The van der Waals surface area contributed by atoms with Gasteiger partial charge in [-0.2, -0.15) is 10.2 Å². The van der Waals surface area contributed by atoms with Gasteiger partial charge in [-0.3, -0.25) is 9.36 Å². The maximum Gasteiger partial charge on any atom is 0.243 e. The van der Waals surface area contributed by atoms with Crippen molar-refractivity contribution < 1.29 is 8.42 Å². The van der Waals surface area contributed by atoms with Gasteiger partial charge in [0.2, 0.25) is 10.0 Å². The minimum atomic E-state index is -3.53. The van der Waals surface area contributed by atoms with Crippen molar-refractivity contribution in [3.63, 3.8) is 0 Å². The van der Waals surface area contributed by atoms with E-state index in [1.54, 1.807) is 15.6 Å². The number of nitrogens with one attached hydrogen (secondary N) is 1. The van der Waals surface area contributed by atoms with Crippen LogP contribution in [0.25, 0.3) is 0 Å². The van der Waals surface area contributed by atoms with Gasteiger partial charge in [0.25, 0.3) is 0 Å². The van der Waals surface area contributed by atoms with Gasteiger partial charge >= 0.3 is 0 Å². The lowest BCUT2D eigenvalue weighted by Gasteiger charge is -2.04. The van der Waals surface area contributed by atoms with E-state index in [1.807, 2.05) is 20.9 Å². The molecule has 0 atom stereocenters. The molecule has 0 aliphatic carbocycles. The molecule has 0 aliphatic heterocycles. The molecule has 0 radical (unpaired) electrons. The Labute approximate surface area is 112 Å². The minimum absolute atomic E-state index is 0.177. The topological polar surface area (TPSA) is 81.8 Å². The van der Waals surface area contributed by atoms with Gasteiger partial charge in [0.05, 0.1) is 12.4 Å². The number of hydrogen-bond acceptors (Lipinski definition) is 4. The van der Waals surface area contributed by atoms with E-state index in [9.17, 15) is 8.42 Å². The summed E-state index contributed by atoms with van der Waals surface area (Å²) >= 11 is 0. The Kier molecular flexibility index (Phi) is 3.72. The van der Waals surface area contributed by atoms with E-state index in [0.717, 1.165) is 11.3 Å². The molecule has 2 rings (SSSR count). The fourth-order valence-corrected chi connectivity index (χ4v) is 2.59. The largest absolute Gasteiger partial charge is 0.273 e. The molecule has 0 amide bonds. The zero-order chi connectivity index (χ0) is 14.0. The van der Waals surface area contributed by atoms with Gasteiger partial charge in [-0.1, -0.05) is 0 Å². The fraction of sp³-hybridized carbons (Fsp3) is 0.455. The first-order valence-corrected chi connectivity index (χ1v) is 7.42. The summed E-state index contributed by atoms with van der Waals surface area (Å²) in [6.45, 7) is 4.65. The van der Waals surface area contributed by atoms with Crippen LogP contribution in [0.15, 0.2) is 23.5 Å². The van der Waals surface area contributed by atoms with E-state index < -0.39 is 10.0 Å². The molecule has 7 nitrogen and oxygen atoms in total. The second-order valence-electron chi connectivity index (χ2n) is 4.24. The third kappa shape index (κ3) is 2.85. The Morgan fingerprint density at radius 3 is 2.58 bits per heavy atom. The standard InChI is InChI=1S/C11H17N5O2S/c1-4-16-8-11(7-13-16)19(17,18)14-6-10-5-12-15(3)9(10)2/h5,7-8,14H,4,6H2,1-3H3. The van der Waals surface area contributed by atoms with E-state index in [1.165, 1.54) is 12.4 Å². The Hall–Kier alpha value is -1.67. The Balaban J connectivity index is 2.11. The second-order valence-corrected chi connectivity index (χ2v) is 6.00. The van der Waals surface area contributed by atoms with Crippen molar-refractivity contribution in [1.29, 1.82) is 0 Å². The molecule has 104 valence electrons. The summed E-state index contributed by atoms with van der Waals surface area (Å²) < 4.78 is 30.0. The highest BCUT2D eigenvalue weighted by Gasteiger charge is 2.17. The van der Waals surface area contributed by atoms with Crippen molar-refractivity contribution >= 4 is 10.0 Å². The highest BCUT2D eigenvalue weighted by molar-refractivity contribution is 7.89. The monoisotopic (exact) mass is 283 g/mol. The molecule has 19 heavy (non-hydrogen) atoms. The summed E-state index contributed by atoms with van der Waals surface area (Å²) in [7, 11) is -1.71. The van der Waals surface area contributed by atoms with E-state index in [4.69, 9.17) is 0 Å². The number of aromatic nitrogens is 4. The van der Waals surface area contributed by atoms with E-state index in [0.29, 0.717) is 6.54 Å². The van der Waals surface area contributed by atoms with Gasteiger partial charge in [-0.15, -0.1) is 0 Å². The summed E-state index contributed by atoms with van der Waals surface area (Å²) in [5.74, 6) is 0. The molecule has 0 saturated carbocycles. The predicted molar refractivity (Wildman–Crippen MR) is 69.9 cm³/mol. The van der Waals surface area contributed by atoms with E-state index in [2.05, 4.69) is 14.9 Å². The summed E-state index contributed by atoms with van der Waals surface area (Å²) in [4.78, 5) is 0.177. The molecule has 0 fully saturated rings. The number of sulfonamides is 1. The second kappa shape index (κ2) is 5.14. The van der Waals surface area contributed by atoms with Gasteiger partial charge in [-0.25, -0.2) is 13.1 Å². The van der Waals surface area contributed by atoms with Crippen molar-refractivity contribution in [3.05, 3.63) is 29.8 Å². The van der Waals surface area contributed by atoms with Crippen LogP contribution in [-0.4, -0.2) is 28.0 Å². The number of hydrogen-bond donors (Lipinski definition) is 1. The highest BCUT2D eigenvalue weighted by atomic mass is 32.2. The number of aryl methyl sites for hydroxylation is 2. The van der Waals surface area contributed by atoms with Crippen molar-refractivity contribution in [2.45, 2.75) is 31.8 Å². The minimum Gasteiger partial charge on any atom is -0.273 e. The Bertz CT molecular complexity index is 671. The molecule has 0 aromatic carbocycles. The average Bonchev–Trinajstić information content (AvgIpc) is 2.97. The van der Waals surface area contributed by atoms with Crippen LogP contribution in [0.3, 0.4) is 0 Å². The van der Waals surface area contributed by atoms with Crippen LogP contribution in [0.2, 0.25) is 0 Å². The molecule has 0 spiro atoms. The van der Waals surface area contributed by atoms with Crippen LogP contribution in [0, 0.1) is 6.92 Å². The van der Waals surface area contributed by atoms with Crippen LogP contribution >= 0.6 is 0 Å². The van der Waals surface area contributed by atoms with Gasteiger partial charge in [0.15, 0.2) is 0 Å². The maximum absolute atomic E-state index is 12.1. The number of nitrogens with zero attached hydrogens (tertiary/aromatic N) is 4. The van der Waals surface area contributed by atoms with Crippen LogP contribution in [0.4, 0.5) is 0 Å². The molecule has 8 heteroatoms. The molecular formula is C11H17N5O2S. The molecule has 2 aromatic heterocycles. The SMILES string of the molecule is CCn1cc(S(=O)(=O)NCc2cnn(C)c2C)cn1. The van der Waals surface area contributed by atoms with Gasteiger partial charge < -0.3 is 0 Å². The average molecular weight is 283 g/mol. The summed E-state index contributed by atoms with van der Waals surface area (Å²) in [6, 6.07) is 0. The molecule has 0 unspecified atom stereocenters. The Morgan fingerprint density at radius 2 is 2.05 bits per heavy atom. The first-order chi connectivity index (χ1) is 8.94. The van der Waals surface area contributed by atoms with Crippen LogP contribution in [0.5, 0.6) is 0 Å². The smallest absolute Gasteiger partial charge is 0.243 e. The summed E-state index contributed by atoms with van der Waals surface area (Å²) in [5.41, 5.74) is 1.79. The van der Waals surface area contributed by atoms with E-state index in [-0.39, 0.29) is 11.4 Å². The fourth-order valence-electron chi connectivity index (χ4n) is 1.63. The normalized spacial score (nSPS) is 11.9. The molecule has 0 saturated heterocycles. The molecule has 2 heterocycles. The van der Waals surface area contributed by atoms with Gasteiger partial charge in [-0.05, 0) is 13.8 Å². The maximum atomic E-state index is 12.1. The highest BCUT2D eigenvalue weighted by Crippen LogP contribution is 2.10.